The van der Waals surface area contributed by atoms with Crippen molar-refractivity contribution in [2.45, 2.75) is 19.9 Å². The minimum Gasteiger partial charge on any atom is -0.460 e. The molecule has 0 unspecified atom stereocenters. The highest BCUT2D eigenvalue weighted by atomic mass is 35.5. The van der Waals surface area contributed by atoms with Gasteiger partial charge < -0.3 is 20.2 Å². The number of rotatable bonds is 9. The van der Waals surface area contributed by atoms with Gasteiger partial charge in [0.15, 0.2) is 0 Å². The number of benzene rings is 1. The molecule has 7 heteroatoms. The van der Waals surface area contributed by atoms with Gasteiger partial charge in [0.05, 0.1) is 13.2 Å². The molecular formula is C17H25Cl3N2O2. The van der Waals surface area contributed by atoms with Crippen molar-refractivity contribution in [3.05, 3.63) is 46.7 Å². The SMILES string of the molecule is Cc1c(Cl)cccc1-c1ccc(CNCCCNCCO)o1.Cl.Cl. The molecule has 0 saturated carbocycles. The predicted molar refractivity (Wildman–Crippen MR) is 105 cm³/mol. The first-order valence-corrected chi connectivity index (χ1v) is 7.96. The monoisotopic (exact) mass is 394 g/mol. The molecule has 4 nitrogen and oxygen atoms in total. The molecular weight excluding hydrogens is 371 g/mol. The van der Waals surface area contributed by atoms with Gasteiger partial charge in [-0.1, -0.05) is 23.7 Å². The smallest absolute Gasteiger partial charge is 0.134 e. The molecule has 0 atom stereocenters. The first-order chi connectivity index (χ1) is 10.7. The average Bonchev–Trinajstić information content (AvgIpc) is 2.98. The first kappa shape index (κ1) is 23.2. The first-order valence-electron chi connectivity index (χ1n) is 7.59. The second-order valence-electron chi connectivity index (χ2n) is 5.18. The normalized spacial score (nSPS) is 10.1. The topological polar surface area (TPSA) is 57.4 Å². The predicted octanol–water partition coefficient (Wildman–Crippen LogP) is 3.81. The summed E-state index contributed by atoms with van der Waals surface area (Å²) in [6.45, 7) is 5.35. The molecule has 2 aromatic rings. The number of halogens is 3. The van der Waals surface area contributed by atoms with Crippen molar-refractivity contribution in [2.75, 3.05) is 26.2 Å². The molecule has 136 valence electrons. The number of hydrogen-bond acceptors (Lipinski definition) is 4. The van der Waals surface area contributed by atoms with Gasteiger partial charge in [-0.3, -0.25) is 0 Å². The van der Waals surface area contributed by atoms with Crippen LogP contribution in [0.25, 0.3) is 11.3 Å². The lowest BCUT2D eigenvalue weighted by molar-refractivity contribution is 0.292. The standard InChI is InChI=1S/C17H23ClN2O2.2ClH/c1-13-15(4-2-5-16(13)18)17-7-6-14(22-17)12-20-9-3-8-19-10-11-21;;/h2,4-7,19-21H,3,8-12H2,1H3;2*1H. The minimum atomic E-state index is 0. The maximum absolute atomic E-state index is 8.65. The summed E-state index contributed by atoms with van der Waals surface area (Å²) in [6.07, 6.45) is 1.01. The summed E-state index contributed by atoms with van der Waals surface area (Å²) in [5.41, 5.74) is 2.07. The maximum Gasteiger partial charge on any atom is 0.134 e. The van der Waals surface area contributed by atoms with Crippen LogP contribution >= 0.6 is 36.4 Å². The van der Waals surface area contributed by atoms with Crippen molar-refractivity contribution < 1.29 is 9.52 Å². The molecule has 1 aromatic carbocycles. The van der Waals surface area contributed by atoms with Crippen molar-refractivity contribution in [2.24, 2.45) is 0 Å². The zero-order valence-corrected chi connectivity index (χ0v) is 16.1. The summed E-state index contributed by atoms with van der Waals surface area (Å²) in [5, 5.41) is 15.9. The van der Waals surface area contributed by atoms with E-state index in [1.54, 1.807) is 0 Å². The summed E-state index contributed by atoms with van der Waals surface area (Å²) >= 11 is 6.15. The van der Waals surface area contributed by atoms with E-state index in [4.69, 9.17) is 21.1 Å². The number of nitrogens with one attached hydrogen (secondary N) is 2. The largest absolute Gasteiger partial charge is 0.460 e. The molecule has 3 N–H and O–H groups in total. The summed E-state index contributed by atoms with van der Waals surface area (Å²) in [7, 11) is 0. The van der Waals surface area contributed by atoms with E-state index >= 15 is 0 Å². The summed E-state index contributed by atoms with van der Waals surface area (Å²) < 4.78 is 5.88. The number of hydrogen-bond donors (Lipinski definition) is 3. The Hall–Kier alpha value is -0.750. The lowest BCUT2D eigenvalue weighted by Gasteiger charge is -2.05. The molecule has 0 saturated heterocycles. The summed E-state index contributed by atoms with van der Waals surface area (Å²) in [4.78, 5) is 0. The van der Waals surface area contributed by atoms with Crippen LogP contribution in [0.15, 0.2) is 34.7 Å². The van der Waals surface area contributed by atoms with Crippen molar-refractivity contribution in [3.63, 3.8) is 0 Å². The molecule has 0 bridgehead atoms. The zero-order chi connectivity index (χ0) is 15.8. The second kappa shape index (κ2) is 12.6. The van der Waals surface area contributed by atoms with Gasteiger partial charge in [-0.05, 0) is 50.2 Å². The Morgan fingerprint density at radius 2 is 1.79 bits per heavy atom. The minimum absolute atomic E-state index is 0. The van der Waals surface area contributed by atoms with Crippen LogP contribution in [0.1, 0.15) is 17.7 Å². The third-order valence-electron chi connectivity index (χ3n) is 3.49. The van der Waals surface area contributed by atoms with Crippen molar-refractivity contribution in [3.8, 4) is 11.3 Å². The van der Waals surface area contributed by atoms with E-state index in [2.05, 4.69) is 10.6 Å². The van der Waals surface area contributed by atoms with Crippen molar-refractivity contribution >= 4 is 36.4 Å². The molecule has 1 heterocycles. The number of furan rings is 1. The molecule has 0 aliphatic heterocycles. The number of aliphatic hydroxyl groups excluding tert-OH is 1. The summed E-state index contributed by atoms with van der Waals surface area (Å²) in [6, 6.07) is 9.82. The fraction of sp³-hybridized carbons (Fsp3) is 0.412. The highest BCUT2D eigenvalue weighted by molar-refractivity contribution is 6.31. The zero-order valence-electron chi connectivity index (χ0n) is 13.7. The lowest BCUT2D eigenvalue weighted by atomic mass is 10.1. The van der Waals surface area contributed by atoms with Gasteiger partial charge in [0.1, 0.15) is 11.5 Å². The highest BCUT2D eigenvalue weighted by Crippen LogP contribution is 2.29. The third-order valence-corrected chi connectivity index (χ3v) is 3.90. The van der Waals surface area contributed by atoms with Crippen LogP contribution in [0.5, 0.6) is 0 Å². The molecule has 0 aliphatic carbocycles. The van der Waals surface area contributed by atoms with Gasteiger partial charge in [0, 0.05) is 17.1 Å². The molecule has 0 radical (unpaired) electrons. The Morgan fingerprint density at radius 1 is 1.04 bits per heavy atom. The van der Waals surface area contributed by atoms with Crippen LogP contribution in [-0.4, -0.2) is 31.3 Å². The van der Waals surface area contributed by atoms with E-state index in [1.165, 1.54) is 0 Å². The van der Waals surface area contributed by atoms with Crippen LogP contribution in [-0.2, 0) is 6.54 Å². The molecule has 0 amide bonds. The van der Waals surface area contributed by atoms with Gasteiger partial charge in [-0.25, -0.2) is 0 Å². The third kappa shape index (κ3) is 7.01. The Bertz CT molecular complexity index is 591. The average molecular weight is 396 g/mol. The molecule has 24 heavy (non-hydrogen) atoms. The Labute approximate surface area is 160 Å². The van der Waals surface area contributed by atoms with Crippen molar-refractivity contribution in [1.29, 1.82) is 0 Å². The fourth-order valence-electron chi connectivity index (χ4n) is 2.25. The fourth-order valence-corrected chi connectivity index (χ4v) is 2.42. The van der Waals surface area contributed by atoms with Crippen LogP contribution in [0.4, 0.5) is 0 Å². The molecule has 2 rings (SSSR count). The van der Waals surface area contributed by atoms with Gasteiger partial charge in [0.2, 0.25) is 0 Å². The van der Waals surface area contributed by atoms with Gasteiger partial charge in [-0.15, -0.1) is 24.8 Å². The van der Waals surface area contributed by atoms with E-state index in [9.17, 15) is 0 Å². The molecule has 0 fully saturated rings. The Kier molecular flexibility index (Phi) is 12.2. The summed E-state index contributed by atoms with van der Waals surface area (Å²) in [5.74, 6) is 1.76. The van der Waals surface area contributed by atoms with Gasteiger partial charge >= 0.3 is 0 Å². The molecule has 0 aliphatic rings. The van der Waals surface area contributed by atoms with Crippen LogP contribution in [0.3, 0.4) is 0 Å². The van der Waals surface area contributed by atoms with Crippen molar-refractivity contribution in [1.82, 2.24) is 10.6 Å². The maximum atomic E-state index is 8.65. The number of aliphatic hydroxyl groups is 1. The highest BCUT2D eigenvalue weighted by Gasteiger charge is 2.09. The van der Waals surface area contributed by atoms with E-state index in [0.29, 0.717) is 13.1 Å². The van der Waals surface area contributed by atoms with E-state index in [0.717, 1.165) is 47.2 Å². The molecule has 0 spiro atoms. The van der Waals surface area contributed by atoms with Crippen LogP contribution in [0, 0.1) is 6.92 Å². The van der Waals surface area contributed by atoms with E-state index in [1.807, 2.05) is 37.3 Å². The lowest BCUT2D eigenvalue weighted by Crippen LogP contribution is -2.23. The van der Waals surface area contributed by atoms with Crippen LogP contribution in [0.2, 0.25) is 5.02 Å². The van der Waals surface area contributed by atoms with Gasteiger partial charge in [-0.2, -0.15) is 0 Å². The molecule has 1 aromatic heterocycles. The quantitative estimate of drug-likeness (QED) is 0.565. The second-order valence-corrected chi connectivity index (χ2v) is 5.59. The van der Waals surface area contributed by atoms with Crippen LogP contribution < -0.4 is 10.6 Å². The van der Waals surface area contributed by atoms with E-state index in [-0.39, 0.29) is 31.4 Å². The van der Waals surface area contributed by atoms with Gasteiger partial charge in [0.25, 0.3) is 0 Å². The van der Waals surface area contributed by atoms with E-state index < -0.39 is 0 Å². The Morgan fingerprint density at radius 3 is 2.54 bits per heavy atom. The Balaban J connectivity index is 0.00000264.